The fourth-order valence-electron chi connectivity index (χ4n) is 1.49. The second-order valence-electron chi connectivity index (χ2n) is 3.54. The van der Waals surface area contributed by atoms with E-state index in [1.54, 1.807) is 24.3 Å². The van der Waals surface area contributed by atoms with Crippen molar-refractivity contribution in [2.75, 3.05) is 0 Å². The van der Waals surface area contributed by atoms with Crippen LogP contribution >= 0.6 is 0 Å². The molecule has 0 saturated heterocycles. The normalized spacial score (nSPS) is 10.2. The zero-order chi connectivity index (χ0) is 12.3. The Bertz CT molecular complexity index is 557. The molecule has 86 valence electrons. The Labute approximate surface area is 97.3 Å². The molecule has 2 aromatic heterocycles. The first-order valence-corrected chi connectivity index (χ1v) is 5.01. The number of pyridine rings is 2. The minimum Gasteiger partial charge on any atom is -0.364 e. The highest BCUT2D eigenvalue weighted by molar-refractivity contribution is 5.90. The summed E-state index contributed by atoms with van der Waals surface area (Å²) in [5.41, 5.74) is 6.52. The molecule has 5 heteroatoms. The minimum absolute atomic E-state index is 0.173. The van der Waals surface area contributed by atoms with E-state index in [1.165, 1.54) is 12.4 Å². The summed E-state index contributed by atoms with van der Waals surface area (Å²) in [4.78, 5) is 18.3. The predicted octanol–water partition coefficient (Wildman–Crippen LogP) is 1.31. The first-order chi connectivity index (χ1) is 8.16. The maximum absolute atomic E-state index is 13.3. The Hall–Kier alpha value is -2.30. The second-order valence-corrected chi connectivity index (χ2v) is 3.54. The van der Waals surface area contributed by atoms with Crippen LogP contribution in [0.25, 0.3) is 0 Å². The molecule has 2 heterocycles. The van der Waals surface area contributed by atoms with E-state index in [4.69, 9.17) is 5.73 Å². The van der Waals surface area contributed by atoms with Crippen molar-refractivity contribution in [2.45, 2.75) is 6.42 Å². The molecular weight excluding hydrogens is 221 g/mol. The third-order valence-corrected chi connectivity index (χ3v) is 2.31. The summed E-state index contributed by atoms with van der Waals surface area (Å²) in [5, 5.41) is 0. The van der Waals surface area contributed by atoms with Crippen molar-refractivity contribution in [3.05, 3.63) is 59.4 Å². The number of carbonyl (C=O) groups excluding carboxylic acids is 1. The Morgan fingerprint density at radius 2 is 2.12 bits per heavy atom. The third-order valence-electron chi connectivity index (χ3n) is 2.31. The van der Waals surface area contributed by atoms with Gasteiger partial charge in [-0.15, -0.1) is 0 Å². The van der Waals surface area contributed by atoms with Crippen molar-refractivity contribution in [1.82, 2.24) is 9.97 Å². The van der Waals surface area contributed by atoms with Crippen LogP contribution in [0.15, 0.2) is 36.7 Å². The molecule has 0 unspecified atom stereocenters. The van der Waals surface area contributed by atoms with Gasteiger partial charge >= 0.3 is 0 Å². The number of nitrogens with two attached hydrogens (primary N) is 1. The van der Waals surface area contributed by atoms with Crippen molar-refractivity contribution >= 4 is 5.91 Å². The van der Waals surface area contributed by atoms with Gasteiger partial charge in [0.25, 0.3) is 5.91 Å². The van der Waals surface area contributed by atoms with E-state index < -0.39 is 11.9 Å². The Kier molecular flexibility index (Phi) is 3.09. The van der Waals surface area contributed by atoms with Crippen LogP contribution in [0.1, 0.15) is 21.6 Å². The molecule has 0 atom stereocenters. The zero-order valence-electron chi connectivity index (χ0n) is 8.93. The van der Waals surface area contributed by atoms with E-state index >= 15 is 0 Å². The number of carbonyl (C=O) groups is 1. The van der Waals surface area contributed by atoms with Crippen molar-refractivity contribution < 1.29 is 9.18 Å². The molecule has 0 bridgehead atoms. The van der Waals surface area contributed by atoms with E-state index in [1.807, 2.05) is 0 Å². The van der Waals surface area contributed by atoms with Crippen LogP contribution in [0.3, 0.4) is 0 Å². The summed E-state index contributed by atoms with van der Waals surface area (Å²) in [5.74, 6) is -1.11. The highest BCUT2D eigenvalue weighted by atomic mass is 19.1. The summed E-state index contributed by atoms with van der Waals surface area (Å²) >= 11 is 0. The maximum Gasteiger partial charge on any atom is 0.267 e. The molecular formula is C12H10FN3O. The van der Waals surface area contributed by atoms with Crippen molar-refractivity contribution in [3.63, 3.8) is 0 Å². The quantitative estimate of drug-likeness (QED) is 0.809. The topological polar surface area (TPSA) is 68.9 Å². The number of nitrogens with zero attached hydrogens (tertiary/aromatic N) is 2. The summed E-state index contributed by atoms with van der Waals surface area (Å²) in [6.45, 7) is 0. The lowest BCUT2D eigenvalue weighted by Crippen LogP contribution is -2.13. The third kappa shape index (κ3) is 2.63. The fraction of sp³-hybridized carbons (Fsp3) is 0.0833. The van der Waals surface area contributed by atoms with Crippen LogP contribution in [0.4, 0.5) is 4.39 Å². The van der Waals surface area contributed by atoms with E-state index in [0.29, 0.717) is 12.0 Å². The van der Waals surface area contributed by atoms with Gasteiger partial charge in [-0.05, 0) is 23.8 Å². The Morgan fingerprint density at radius 3 is 2.82 bits per heavy atom. The number of halogens is 1. The molecule has 2 rings (SSSR count). The molecule has 0 saturated carbocycles. The van der Waals surface area contributed by atoms with Crippen LogP contribution in [0, 0.1) is 5.95 Å². The van der Waals surface area contributed by atoms with E-state index in [9.17, 15) is 9.18 Å². The summed E-state index contributed by atoms with van der Waals surface area (Å²) in [6, 6.07) is 6.56. The van der Waals surface area contributed by atoms with Gasteiger partial charge in [0.1, 0.15) is 5.69 Å². The summed E-state index contributed by atoms with van der Waals surface area (Å²) in [6.07, 6.45) is 3.21. The van der Waals surface area contributed by atoms with Gasteiger partial charge in [-0.1, -0.05) is 6.07 Å². The van der Waals surface area contributed by atoms with Crippen molar-refractivity contribution in [1.29, 1.82) is 0 Å². The van der Waals surface area contributed by atoms with Gasteiger partial charge in [-0.3, -0.25) is 9.78 Å². The smallest absolute Gasteiger partial charge is 0.267 e. The lowest BCUT2D eigenvalue weighted by Gasteiger charge is -2.03. The molecule has 2 N–H and O–H groups in total. The monoisotopic (exact) mass is 231 g/mol. The number of aromatic nitrogens is 2. The molecule has 1 amide bonds. The number of primary amides is 1. The second kappa shape index (κ2) is 4.69. The summed E-state index contributed by atoms with van der Waals surface area (Å²) in [7, 11) is 0. The van der Waals surface area contributed by atoms with Gasteiger partial charge in [0, 0.05) is 24.4 Å². The molecule has 0 spiro atoms. The molecule has 0 radical (unpaired) electrons. The average Bonchev–Trinajstić information content (AvgIpc) is 2.32. The van der Waals surface area contributed by atoms with E-state index in [2.05, 4.69) is 9.97 Å². The molecule has 0 fully saturated rings. The SMILES string of the molecule is NC(=O)c1cc(Cc2cccnc2F)ccn1. The first kappa shape index (κ1) is 11.2. The number of hydrogen-bond donors (Lipinski definition) is 1. The van der Waals surface area contributed by atoms with Crippen molar-refractivity contribution in [2.24, 2.45) is 5.73 Å². The number of amides is 1. The fourth-order valence-corrected chi connectivity index (χ4v) is 1.49. The standard InChI is InChI=1S/C12H10FN3O/c13-11-9(2-1-4-16-11)6-8-3-5-15-10(7-8)12(14)17/h1-5,7H,6H2,(H2,14,17). The molecule has 2 aromatic rings. The van der Waals surface area contributed by atoms with E-state index in [0.717, 1.165) is 5.56 Å². The first-order valence-electron chi connectivity index (χ1n) is 5.01. The van der Waals surface area contributed by atoms with Crippen LogP contribution in [0.5, 0.6) is 0 Å². The zero-order valence-corrected chi connectivity index (χ0v) is 8.93. The Morgan fingerprint density at radius 1 is 1.29 bits per heavy atom. The van der Waals surface area contributed by atoms with Crippen LogP contribution in [-0.2, 0) is 6.42 Å². The van der Waals surface area contributed by atoms with E-state index in [-0.39, 0.29) is 5.69 Å². The largest absolute Gasteiger partial charge is 0.364 e. The summed E-state index contributed by atoms with van der Waals surface area (Å²) < 4.78 is 13.3. The number of rotatable bonds is 3. The van der Waals surface area contributed by atoms with Crippen LogP contribution in [0.2, 0.25) is 0 Å². The molecule has 0 aliphatic heterocycles. The molecule has 0 aromatic carbocycles. The predicted molar refractivity (Wildman–Crippen MR) is 59.8 cm³/mol. The van der Waals surface area contributed by atoms with Crippen LogP contribution in [-0.4, -0.2) is 15.9 Å². The van der Waals surface area contributed by atoms with Gasteiger partial charge < -0.3 is 5.73 Å². The van der Waals surface area contributed by atoms with Gasteiger partial charge in [0.05, 0.1) is 0 Å². The lowest BCUT2D eigenvalue weighted by molar-refractivity contribution is 0.0995. The lowest BCUT2D eigenvalue weighted by atomic mass is 10.1. The molecule has 4 nitrogen and oxygen atoms in total. The van der Waals surface area contributed by atoms with Gasteiger partial charge in [0.15, 0.2) is 0 Å². The molecule has 0 aliphatic carbocycles. The van der Waals surface area contributed by atoms with Gasteiger partial charge in [-0.2, -0.15) is 4.39 Å². The van der Waals surface area contributed by atoms with Crippen molar-refractivity contribution in [3.8, 4) is 0 Å². The maximum atomic E-state index is 13.3. The Balaban J connectivity index is 2.28. The van der Waals surface area contributed by atoms with Gasteiger partial charge in [0.2, 0.25) is 5.95 Å². The highest BCUT2D eigenvalue weighted by Gasteiger charge is 2.06. The molecule has 17 heavy (non-hydrogen) atoms. The average molecular weight is 231 g/mol. The highest BCUT2D eigenvalue weighted by Crippen LogP contribution is 2.11. The minimum atomic E-state index is -0.599. The number of hydrogen-bond acceptors (Lipinski definition) is 3. The molecule has 0 aliphatic rings. The van der Waals surface area contributed by atoms with Gasteiger partial charge in [-0.25, -0.2) is 4.98 Å². The van der Waals surface area contributed by atoms with Crippen LogP contribution < -0.4 is 5.73 Å².